The molecule has 0 saturated carbocycles. The molecule has 1 fully saturated rings. The number of oxazole rings is 1. The molecule has 4 aromatic rings. The fourth-order valence-electron chi connectivity index (χ4n) is 5.50. The Kier molecular flexibility index (Phi) is 8.22. The van der Waals surface area contributed by atoms with Crippen LogP contribution in [-0.2, 0) is 22.0 Å². The van der Waals surface area contributed by atoms with Crippen LogP contribution in [0.4, 0.5) is 5.88 Å². The predicted molar refractivity (Wildman–Crippen MR) is 167 cm³/mol. The van der Waals surface area contributed by atoms with Crippen molar-refractivity contribution >= 4 is 17.5 Å². The molecule has 5 nitrogen and oxygen atoms in total. The van der Waals surface area contributed by atoms with E-state index in [4.69, 9.17) is 25.7 Å². The quantitative estimate of drug-likeness (QED) is 0.252. The summed E-state index contributed by atoms with van der Waals surface area (Å²) >= 11 is 6.33. The molecule has 1 saturated heterocycles. The van der Waals surface area contributed by atoms with Crippen molar-refractivity contribution < 1.29 is 14.3 Å². The summed E-state index contributed by atoms with van der Waals surface area (Å²) in [5.74, 6) is 1.50. The van der Waals surface area contributed by atoms with E-state index in [0.29, 0.717) is 36.3 Å². The Morgan fingerprint density at radius 2 is 1.44 bits per heavy atom. The first-order valence-electron chi connectivity index (χ1n) is 14.4. The first kappa shape index (κ1) is 29.2. The van der Waals surface area contributed by atoms with Crippen molar-refractivity contribution in [3.05, 3.63) is 111 Å². The Balaban J connectivity index is 1.72. The van der Waals surface area contributed by atoms with Crippen LogP contribution in [-0.4, -0.2) is 36.4 Å². The summed E-state index contributed by atoms with van der Waals surface area (Å²) in [5.41, 5.74) is 5.43. The second-order valence-electron chi connectivity index (χ2n) is 13.0. The van der Waals surface area contributed by atoms with E-state index in [1.807, 2.05) is 30.3 Å². The third-order valence-electron chi connectivity index (χ3n) is 7.74. The van der Waals surface area contributed by atoms with Gasteiger partial charge in [0.2, 0.25) is 11.8 Å². The van der Waals surface area contributed by atoms with E-state index in [0.717, 1.165) is 46.9 Å². The second kappa shape index (κ2) is 11.5. The molecule has 1 atom stereocenters. The smallest absolute Gasteiger partial charge is 0.220 e. The van der Waals surface area contributed by atoms with Crippen LogP contribution in [0.1, 0.15) is 86.9 Å². The lowest BCUT2D eigenvalue weighted by Gasteiger charge is -2.29. The van der Waals surface area contributed by atoms with Crippen molar-refractivity contribution in [3.63, 3.8) is 0 Å². The molecule has 1 aliphatic heterocycles. The van der Waals surface area contributed by atoms with E-state index in [2.05, 4.69) is 82.8 Å². The molecule has 1 unspecified atom stereocenters. The normalized spacial score (nSPS) is 15.2. The van der Waals surface area contributed by atoms with E-state index >= 15 is 0 Å². The van der Waals surface area contributed by atoms with E-state index in [9.17, 15) is 5.11 Å². The Morgan fingerprint density at radius 1 is 0.854 bits per heavy atom. The maximum Gasteiger partial charge on any atom is 0.220 e. The zero-order chi connectivity index (χ0) is 29.4. The highest BCUT2D eigenvalue weighted by Crippen LogP contribution is 2.44. The minimum absolute atomic E-state index is 0.265. The summed E-state index contributed by atoms with van der Waals surface area (Å²) in [7, 11) is 0. The molecule has 3 aromatic carbocycles. The number of hydrogen-bond donors (Lipinski definition) is 1. The summed E-state index contributed by atoms with van der Waals surface area (Å²) in [6, 6.07) is 22.6. The lowest BCUT2D eigenvalue weighted by atomic mass is 9.76. The van der Waals surface area contributed by atoms with Gasteiger partial charge in [0.25, 0.3) is 0 Å². The molecule has 1 aromatic heterocycles. The highest BCUT2D eigenvalue weighted by atomic mass is 35.5. The van der Waals surface area contributed by atoms with Crippen LogP contribution in [0.15, 0.2) is 71.1 Å². The van der Waals surface area contributed by atoms with Crippen LogP contribution in [0.25, 0.3) is 0 Å². The van der Waals surface area contributed by atoms with Gasteiger partial charge in [-0.3, -0.25) is 0 Å². The molecule has 216 valence electrons. The molecule has 0 amide bonds. The number of hydrogen-bond acceptors (Lipinski definition) is 5. The number of benzene rings is 3. The molecule has 1 N–H and O–H groups in total. The average Bonchev–Trinajstić information content (AvgIpc) is 3.33. The third kappa shape index (κ3) is 6.47. The summed E-state index contributed by atoms with van der Waals surface area (Å²) in [6.07, 6.45) is 0.667. The fourth-order valence-corrected chi connectivity index (χ4v) is 5.63. The zero-order valence-corrected chi connectivity index (χ0v) is 25.8. The molecular weight excluding hydrogens is 532 g/mol. The molecule has 6 heteroatoms. The van der Waals surface area contributed by atoms with Gasteiger partial charge in [0, 0.05) is 24.5 Å². The van der Waals surface area contributed by atoms with E-state index in [1.54, 1.807) is 0 Å². The SMILES string of the molecule is CC(C)(C)c1cc(C(c2ccc(Cl)cc2)c2nc(Cc3ccccc3)c(N3CCOCC3)o2)cc(C(C)(C)C)c1O. The predicted octanol–water partition coefficient (Wildman–Crippen LogP) is 8.24. The van der Waals surface area contributed by atoms with Gasteiger partial charge in [-0.1, -0.05) is 108 Å². The lowest BCUT2D eigenvalue weighted by molar-refractivity contribution is 0.120. The number of halogens is 1. The van der Waals surface area contributed by atoms with Gasteiger partial charge in [0.1, 0.15) is 11.4 Å². The number of phenols is 1. The number of anilines is 1. The molecule has 5 rings (SSSR count). The topological polar surface area (TPSA) is 58.7 Å². The number of nitrogens with zero attached hydrogens (tertiary/aromatic N) is 2. The maximum atomic E-state index is 11.5. The first-order valence-corrected chi connectivity index (χ1v) is 14.8. The number of aromatic hydroxyl groups is 1. The van der Waals surface area contributed by atoms with Gasteiger partial charge in [0.05, 0.1) is 19.1 Å². The molecule has 0 radical (unpaired) electrons. The molecular formula is C35H41ClN2O3. The van der Waals surface area contributed by atoms with Gasteiger partial charge in [-0.05, 0) is 50.8 Å². The molecule has 0 bridgehead atoms. The van der Waals surface area contributed by atoms with Gasteiger partial charge in [-0.2, -0.15) is 0 Å². The Labute approximate surface area is 249 Å². The Morgan fingerprint density at radius 3 is 2.00 bits per heavy atom. The first-order chi connectivity index (χ1) is 19.4. The fraction of sp³-hybridized carbons (Fsp3) is 0.400. The molecule has 41 heavy (non-hydrogen) atoms. The summed E-state index contributed by atoms with van der Waals surface area (Å²) in [5, 5.41) is 12.1. The Bertz CT molecular complexity index is 1440. The van der Waals surface area contributed by atoms with Crippen molar-refractivity contribution in [3.8, 4) is 5.75 Å². The van der Waals surface area contributed by atoms with Gasteiger partial charge >= 0.3 is 0 Å². The molecule has 2 heterocycles. The monoisotopic (exact) mass is 572 g/mol. The standard InChI is InChI=1S/C35H41ClN2O3/c1-34(2,3)27-21-25(22-28(31(27)39)35(4,5)6)30(24-12-14-26(36)15-13-24)32-37-29(20-23-10-8-7-9-11-23)33(41-32)38-16-18-40-19-17-38/h7-15,21-22,30,39H,16-20H2,1-6H3. The van der Waals surface area contributed by atoms with Gasteiger partial charge in [-0.25, -0.2) is 4.98 Å². The largest absolute Gasteiger partial charge is 0.507 e. The van der Waals surface area contributed by atoms with Crippen LogP contribution >= 0.6 is 11.6 Å². The van der Waals surface area contributed by atoms with Gasteiger partial charge in [-0.15, -0.1) is 0 Å². The number of phenolic OH excluding ortho intramolecular Hbond substituents is 1. The van der Waals surface area contributed by atoms with E-state index < -0.39 is 0 Å². The summed E-state index contributed by atoms with van der Waals surface area (Å²) in [4.78, 5) is 7.46. The Hall–Kier alpha value is -3.28. The minimum Gasteiger partial charge on any atom is -0.507 e. The van der Waals surface area contributed by atoms with Crippen molar-refractivity contribution in [2.45, 2.75) is 64.7 Å². The number of ether oxygens (including phenoxy) is 1. The lowest BCUT2D eigenvalue weighted by Crippen LogP contribution is -2.36. The van der Waals surface area contributed by atoms with Crippen LogP contribution in [0, 0.1) is 0 Å². The molecule has 1 aliphatic rings. The average molecular weight is 573 g/mol. The third-order valence-corrected chi connectivity index (χ3v) is 7.99. The van der Waals surface area contributed by atoms with Crippen LogP contribution in [0.2, 0.25) is 5.02 Å². The van der Waals surface area contributed by atoms with Gasteiger partial charge in [0.15, 0.2) is 0 Å². The molecule has 0 aliphatic carbocycles. The van der Waals surface area contributed by atoms with Gasteiger partial charge < -0.3 is 19.2 Å². The summed E-state index contributed by atoms with van der Waals surface area (Å²) < 4.78 is 12.4. The highest BCUT2D eigenvalue weighted by Gasteiger charge is 2.32. The van der Waals surface area contributed by atoms with Crippen LogP contribution < -0.4 is 4.90 Å². The van der Waals surface area contributed by atoms with Crippen molar-refractivity contribution in [2.75, 3.05) is 31.2 Å². The summed E-state index contributed by atoms with van der Waals surface area (Å²) in [6.45, 7) is 15.6. The maximum absolute atomic E-state index is 11.5. The highest BCUT2D eigenvalue weighted by molar-refractivity contribution is 6.30. The second-order valence-corrected chi connectivity index (χ2v) is 13.5. The zero-order valence-electron chi connectivity index (χ0n) is 25.0. The number of rotatable bonds is 6. The minimum atomic E-state index is -0.292. The van der Waals surface area contributed by atoms with Crippen molar-refractivity contribution in [2.24, 2.45) is 0 Å². The van der Waals surface area contributed by atoms with Crippen LogP contribution in [0.3, 0.4) is 0 Å². The number of aromatic nitrogens is 1. The van der Waals surface area contributed by atoms with Crippen molar-refractivity contribution in [1.29, 1.82) is 0 Å². The van der Waals surface area contributed by atoms with E-state index in [1.165, 1.54) is 5.56 Å². The van der Waals surface area contributed by atoms with Crippen LogP contribution in [0.5, 0.6) is 5.75 Å². The number of morpholine rings is 1. The molecule has 0 spiro atoms. The van der Waals surface area contributed by atoms with E-state index in [-0.39, 0.29) is 16.7 Å². The van der Waals surface area contributed by atoms with Crippen molar-refractivity contribution in [1.82, 2.24) is 4.98 Å².